The Labute approximate surface area is 135 Å². The van der Waals surface area contributed by atoms with Crippen LogP contribution in [0.1, 0.15) is 50.2 Å². The van der Waals surface area contributed by atoms with Crippen LogP contribution < -0.4 is 5.32 Å². The van der Waals surface area contributed by atoms with Crippen molar-refractivity contribution < 1.29 is 0 Å². The van der Waals surface area contributed by atoms with Crippen LogP contribution in [0.25, 0.3) is 0 Å². The molecule has 116 valence electrons. The van der Waals surface area contributed by atoms with E-state index in [2.05, 4.69) is 74.8 Å². The molecule has 0 spiro atoms. The van der Waals surface area contributed by atoms with Crippen molar-refractivity contribution in [2.24, 2.45) is 0 Å². The minimum Gasteiger partial charge on any atom is -0.348 e. The summed E-state index contributed by atoms with van der Waals surface area (Å²) in [4.78, 5) is 0. The van der Waals surface area contributed by atoms with Crippen molar-refractivity contribution in [2.75, 3.05) is 6.54 Å². The van der Waals surface area contributed by atoms with Gasteiger partial charge in [0.1, 0.15) is 0 Å². The van der Waals surface area contributed by atoms with Crippen LogP contribution in [-0.2, 0) is 13.1 Å². The molecule has 0 aliphatic heterocycles. The first-order chi connectivity index (χ1) is 10.1. The van der Waals surface area contributed by atoms with Gasteiger partial charge in [-0.3, -0.25) is 4.68 Å². The summed E-state index contributed by atoms with van der Waals surface area (Å²) in [6.07, 6.45) is 5.53. The monoisotopic (exact) mass is 352 g/mol. The molecule has 1 atom stereocenters. The summed E-state index contributed by atoms with van der Waals surface area (Å²) in [6.45, 7) is 11.4. The number of aryl methyl sites for hydroxylation is 2. The number of nitrogens with one attached hydrogen (secondary N) is 1. The summed E-state index contributed by atoms with van der Waals surface area (Å²) in [5, 5.41) is 8.08. The van der Waals surface area contributed by atoms with Crippen LogP contribution in [0, 0.1) is 6.92 Å². The van der Waals surface area contributed by atoms with E-state index in [1.54, 1.807) is 0 Å². The van der Waals surface area contributed by atoms with Gasteiger partial charge in [0.15, 0.2) is 0 Å². The molecule has 0 amide bonds. The molecule has 1 unspecified atom stereocenters. The third-order valence-corrected chi connectivity index (χ3v) is 4.79. The van der Waals surface area contributed by atoms with Crippen LogP contribution in [0.2, 0.25) is 0 Å². The van der Waals surface area contributed by atoms with Gasteiger partial charge in [-0.05, 0) is 61.3 Å². The molecule has 21 heavy (non-hydrogen) atoms. The molecule has 5 heteroatoms. The maximum absolute atomic E-state index is 4.55. The molecule has 0 bridgehead atoms. The van der Waals surface area contributed by atoms with E-state index >= 15 is 0 Å². The minimum atomic E-state index is 0.396. The molecule has 0 saturated carbocycles. The predicted octanol–water partition coefficient (Wildman–Crippen LogP) is 3.88. The summed E-state index contributed by atoms with van der Waals surface area (Å²) in [5.41, 5.74) is 3.61. The zero-order chi connectivity index (χ0) is 15.4. The lowest BCUT2D eigenvalue weighted by atomic mass is 10.2. The number of nitrogens with zero attached hydrogens (tertiary/aromatic N) is 3. The highest BCUT2D eigenvalue weighted by atomic mass is 79.9. The Morgan fingerprint density at radius 2 is 2.14 bits per heavy atom. The first-order valence-corrected chi connectivity index (χ1v) is 8.46. The molecule has 2 aromatic rings. The first kappa shape index (κ1) is 16.3. The fourth-order valence-electron chi connectivity index (χ4n) is 2.49. The van der Waals surface area contributed by atoms with Gasteiger partial charge in [-0.25, -0.2) is 0 Å². The molecule has 0 fully saturated rings. The van der Waals surface area contributed by atoms with Crippen molar-refractivity contribution in [3.8, 4) is 0 Å². The third-order valence-electron chi connectivity index (χ3n) is 3.76. The first-order valence-electron chi connectivity index (χ1n) is 7.67. The van der Waals surface area contributed by atoms with Crippen LogP contribution in [-0.4, -0.2) is 20.9 Å². The lowest BCUT2D eigenvalue weighted by molar-refractivity contribution is 0.567. The lowest BCUT2D eigenvalue weighted by Gasteiger charge is -2.11. The highest BCUT2D eigenvalue weighted by Crippen LogP contribution is 2.23. The minimum absolute atomic E-state index is 0.396. The summed E-state index contributed by atoms with van der Waals surface area (Å²) in [7, 11) is 0. The van der Waals surface area contributed by atoms with Gasteiger partial charge in [-0.1, -0.05) is 6.92 Å². The van der Waals surface area contributed by atoms with E-state index in [1.807, 2.05) is 6.92 Å². The molecule has 0 saturated heterocycles. The Balaban J connectivity index is 2.12. The van der Waals surface area contributed by atoms with E-state index in [1.165, 1.54) is 11.3 Å². The lowest BCUT2D eigenvalue weighted by Crippen LogP contribution is -2.18. The number of aromatic nitrogens is 3. The summed E-state index contributed by atoms with van der Waals surface area (Å²) < 4.78 is 5.42. The molecular formula is C16H25BrN4. The standard InChI is InChI=1S/C16H25BrN4/c1-5-8-18-12(3)14-7-9-20(10-14)11-15-16(17)13(4)19-21(15)6-2/h7,9-10,12,18H,5-6,8,11H2,1-4H3. The Bertz CT molecular complexity index is 585. The van der Waals surface area contributed by atoms with Crippen molar-refractivity contribution >= 4 is 15.9 Å². The highest BCUT2D eigenvalue weighted by molar-refractivity contribution is 9.10. The van der Waals surface area contributed by atoms with Crippen LogP contribution in [0.4, 0.5) is 0 Å². The number of hydrogen-bond acceptors (Lipinski definition) is 2. The smallest absolute Gasteiger partial charge is 0.0739 e. The average molecular weight is 353 g/mol. The van der Waals surface area contributed by atoms with Crippen molar-refractivity contribution in [3.63, 3.8) is 0 Å². The van der Waals surface area contributed by atoms with E-state index in [4.69, 9.17) is 0 Å². The largest absolute Gasteiger partial charge is 0.348 e. The molecule has 4 nitrogen and oxygen atoms in total. The Morgan fingerprint density at radius 3 is 2.81 bits per heavy atom. The van der Waals surface area contributed by atoms with Gasteiger partial charge in [0.05, 0.1) is 22.4 Å². The highest BCUT2D eigenvalue weighted by Gasteiger charge is 2.13. The Hall–Kier alpha value is -1.07. The fourth-order valence-corrected chi connectivity index (χ4v) is 2.89. The summed E-state index contributed by atoms with van der Waals surface area (Å²) in [6, 6.07) is 2.59. The maximum atomic E-state index is 4.55. The maximum Gasteiger partial charge on any atom is 0.0739 e. The molecule has 0 aliphatic rings. The van der Waals surface area contributed by atoms with Crippen molar-refractivity contribution in [1.29, 1.82) is 0 Å². The van der Waals surface area contributed by atoms with E-state index < -0.39 is 0 Å². The molecule has 0 radical (unpaired) electrons. The topological polar surface area (TPSA) is 34.8 Å². The predicted molar refractivity (Wildman–Crippen MR) is 90.6 cm³/mol. The molecular weight excluding hydrogens is 328 g/mol. The van der Waals surface area contributed by atoms with Gasteiger partial charge in [-0.2, -0.15) is 5.10 Å². The summed E-state index contributed by atoms with van der Waals surface area (Å²) >= 11 is 3.66. The van der Waals surface area contributed by atoms with E-state index in [-0.39, 0.29) is 0 Å². The number of rotatable bonds is 7. The SMILES string of the molecule is CCCNC(C)c1ccn(Cc2c(Br)c(C)nn2CC)c1. The third kappa shape index (κ3) is 3.77. The van der Waals surface area contributed by atoms with Crippen molar-refractivity contribution in [1.82, 2.24) is 19.7 Å². The Kier molecular flexibility index (Phi) is 5.65. The molecule has 0 aliphatic carbocycles. The van der Waals surface area contributed by atoms with Crippen molar-refractivity contribution in [2.45, 2.75) is 53.2 Å². The molecule has 2 heterocycles. The van der Waals surface area contributed by atoms with Crippen LogP contribution >= 0.6 is 15.9 Å². The van der Waals surface area contributed by atoms with Gasteiger partial charge in [0.2, 0.25) is 0 Å². The van der Waals surface area contributed by atoms with E-state index in [9.17, 15) is 0 Å². The molecule has 2 rings (SSSR count). The zero-order valence-corrected chi connectivity index (χ0v) is 14.9. The van der Waals surface area contributed by atoms with Gasteiger partial charge >= 0.3 is 0 Å². The second-order valence-corrected chi connectivity index (χ2v) is 6.25. The average Bonchev–Trinajstić information content (AvgIpc) is 3.05. The van der Waals surface area contributed by atoms with E-state index in [0.29, 0.717) is 6.04 Å². The van der Waals surface area contributed by atoms with Crippen LogP contribution in [0.15, 0.2) is 22.9 Å². The zero-order valence-electron chi connectivity index (χ0n) is 13.4. The normalized spacial score (nSPS) is 12.8. The Morgan fingerprint density at radius 1 is 1.38 bits per heavy atom. The second-order valence-electron chi connectivity index (χ2n) is 5.45. The molecule has 1 N–H and O–H groups in total. The molecule has 2 aromatic heterocycles. The molecule has 0 aromatic carbocycles. The van der Waals surface area contributed by atoms with Gasteiger partial charge in [0.25, 0.3) is 0 Å². The van der Waals surface area contributed by atoms with Gasteiger partial charge in [0, 0.05) is 25.0 Å². The summed E-state index contributed by atoms with van der Waals surface area (Å²) in [5.74, 6) is 0. The second kappa shape index (κ2) is 7.27. The van der Waals surface area contributed by atoms with Crippen LogP contribution in [0.5, 0.6) is 0 Å². The van der Waals surface area contributed by atoms with Gasteiger partial charge < -0.3 is 9.88 Å². The fraction of sp³-hybridized carbons (Fsp3) is 0.562. The van der Waals surface area contributed by atoms with Gasteiger partial charge in [-0.15, -0.1) is 0 Å². The van der Waals surface area contributed by atoms with Crippen molar-refractivity contribution in [3.05, 3.63) is 39.9 Å². The van der Waals surface area contributed by atoms with Crippen LogP contribution in [0.3, 0.4) is 0 Å². The number of halogens is 1. The van der Waals surface area contributed by atoms with E-state index in [0.717, 1.165) is 36.2 Å². The quantitative estimate of drug-likeness (QED) is 0.820. The number of hydrogen-bond donors (Lipinski definition) is 1.